The lowest BCUT2D eigenvalue weighted by Gasteiger charge is -2.18. The minimum absolute atomic E-state index is 0.282. The lowest BCUT2D eigenvalue weighted by Crippen LogP contribution is -2.09. The second-order valence-corrected chi connectivity index (χ2v) is 5.56. The van der Waals surface area contributed by atoms with Crippen molar-refractivity contribution in [3.63, 3.8) is 0 Å². The van der Waals surface area contributed by atoms with Gasteiger partial charge in [0, 0.05) is 17.4 Å². The van der Waals surface area contributed by atoms with Crippen molar-refractivity contribution in [1.82, 2.24) is 4.57 Å². The lowest BCUT2D eigenvalue weighted by molar-refractivity contribution is 0.0599. The Kier molecular flexibility index (Phi) is 4.42. The Bertz CT molecular complexity index is 402. The number of nitrogens with zero attached hydrogens (tertiary/aromatic N) is 1. The van der Waals surface area contributed by atoms with Gasteiger partial charge in [-0.15, -0.1) is 0 Å². The van der Waals surface area contributed by atoms with Crippen LogP contribution in [-0.4, -0.2) is 17.6 Å². The third kappa shape index (κ3) is 2.41. The van der Waals surface area contributed by atoms with E-state index in [9.17, 15) is 4.79 Å². The van der Waals surface area contributed by atoms with E-state index in [-0.39, 0.29) is 5.97 Å². The van der Waals surface area contributed by atoms with Crippen molar-refractivity contribution in [1.29, 1.82) is 0 Å². The van der Waals surface area contributed by atoms with Crippen LogP contribution in [0.1, 0.15) is 61.4 Å². The van der Waals surface area contributed by atoms with Gasteiger partial charge in [-0.1, -0.05) is 13.8 Å². The van der Waals surface area contributed by atoms with Gasteiger partial charge in [-0.05, 0) is 42.6 Å². The molecule has 0 radical (unpaired) electrons. The first-order valence-electron chi connectivity index (χ1n) is 5.81. The quantitative estimate of drug-likeness (QED) is 0.789. The molecule has 0 atom stereocenters. The molecule has 0 N–H and O–H groups in total. The van der Waals surface area contributed by atoms with E-state index in [2.05, 4.69) is 48.2 Å². The molecule has 0 aliphatic heterocycles. The summed E-state index contributed by atoms with van der Waals surface area (Å²) in [6.07, 6.45) is 0. The maximum atomic E-state index is 11.8. The van der Waals surface area contributed by atoms with Crippen LogP contribution in [0, 0.1) is 6.92 Å². The number of carbonyl (C=O) groups is 1. The van der Waals surface area contributed by atoms with Crippen LogP contribution in [0.3, 0.4) is 0 Å². The first-order chi connectivity index (χ1) is 7.82. The van der Waals surface area contributed by atoms with Gasteiger partial charge in [-0.2, -0.15) is 0 Å². The summed E-state index contributed by atoms with van der Waals surface area (Å²) >= 11 is 3.54. The van der Waals surface area contributed by atoms with Gasteiger partial charge >= 0.3 is 5.97 Å². The van der Waals surface area contributed by atoms with Crippen molar-refractivity contribution in [2.24, 2.45) is 0 Å². The summed E-state index contributed by atoms with van der Waals surface area (Å²) < 4.78 is 7.91. The first kappa shape index (κ1) is 14.3. The zero-order valence-electron chi connectivity index (χ0n) is 11.3. The molecule has 0 aliphatic rings. The second kappa shape index (κ2) is 5.25. The van der Waals surface area contributed by atoms with E-state index >= 15 is 0 Å². The number of carbonyl (C=O) groups excluding carboxylic acids is 1. The molecule has 1 rings (SSSR count). The van der Waals surface area contributed by atoms with Crippen molar-refractivity contribution in [2.45, 2.75) is 46.6 Å². The predicted molar refractivity (Wildman–Crippen MR) is 72.7 cm³/mol. The van der Waals surface area contributed by atoms with E-state index in [1.165, 1.54) is 7.11 Å². The molecular formula is C13H20BrNO2. The van der Waals surface area contributed by atoms with Gasteiger partial charge in [0.05, 0.1) is 17.1 Å². The molecule has 0 aliphatic carbocycles. The van der Waals surface area contributed by atoms with Crippen molar-refractivity contribution >= 4 is 21.9 Å². The van der Waals surface area contributed by atoms with Gasteiger partial charge in [0.1, 0.15) is 0 Å². The summed E-state index contributed by atoms with van der Waals surface area (Å²) in [6.45, 7) is 10.4. The van der Waals surface area contributed by atoms with E-state index in [0.29, 0.717) is 17.5 Å². The van der Waals surface area contributed by atoms with E-state index < -0.39 is 0 Å². The van der Waals surface area contributed by atoms with Crippen LogP contribution in [0.5, 0.6) is 0 Å². The summed E-state index contributed by atoms with van der Waals surface area (Å²) in [4.78, 5) is 11.8. The van der Waals surface area contributed by atoms with E-state index in [1.807, 2.05) is 6.92 Å². The standard InChI is InChI=1S/C13H20BrNO2/c1-7(2)12-11(14)10(13(16)17-6)9(5)15(12)8(3)4/h7-8H,1-6H3. The van der Waals surface area contributed by atoms with Crippen molar-refractivity contribution in [3.05, 3.63) is 21.4 Å². The zero-order chi connectivity index (χ0) is 13.3. The largest absolute Gasteiger partial charge is 0.465 e. The second-order valence-electron chi connectivity index (χ2n) is 4.77. The van der Waals surface area contributed by atoms with E-state index in [1.54, 1.807) is 0 Å². The highest BCUT2D eigenvalue weighted by molar-refractivity contribution is 9.10. The summed E-state index contributed by atoms with van der Waals surface area (Å²) in [5.74, 6) is 0.0690. The van der Waals surface area contributed by atoms with Crippen LogP contribution in [0.25, 0.3) is 0 Å². The van der Waals surface area contributed by atoms with Gasteiger partial charge in [-0.3, -0.25) is 0 Å². The predicted octanol–water partition coefficient (Wildman–Crippen LogP) is 4.05. The Hall–Kier alpha value is -0.770. The highest BCUT2D eigenvalue weighted by Gasteiger charge is 2.26. The Balaban J connectivity index is 3.55. The fraction of sp³-hybridized carbons (Fsp3) is 0.615. The molecule has 4 heteroatoms. The van der Waals surface area contributed by atoms with Gasteiger partial charge < -0.3 is 9.30 Å². The fourth-order valence-electron chi connectivity index (χ4n) is 2.23. The molecule has 0 saturated heterocycles. The Morgan fingerprint density at radius 3 is 2.12 bits per heavy atom. The molecule has 0 amide bonds. The number of esters is 1. The Labute approximate surface area is 111 Å². The molecule has 0 spiro atoms. The minimum atomic E-state index is -0.282. The molecule has 17 heavy (non-hydrogen) atoms. The van der Waals surface area contributed by atoms with E-state index in [4.69, 9.17) is 4.74 Å². The molecule has 0 fully saturated rings. The van der Waals surface area contributed by atoms with Gasteiger partial charge in [0.25, 0.3) is 0 Å². The monoisotopic (exact) mass is 301 g/mol. The van der Waals surface area contributed by atoms with Crippen molar-refractivity contribution in [3.8, 4) is 0 Å². The number of aromatic nitrogens is 1. The van der Waals surface area contributed by atoms with Gasteiger partial charge in [0.2, 0.25) is 0 Å². The third-order valence-corrected chi connectivity index (χ3v) is 3.68. The molecular weight excluding hydrogens is 282 g/mol. The van der Waals surface area contributed by atoms with E-state index in [0.717, 1.165) is 15.9 Å². The molecule has 3 nitrogen and oxygen atoms in total. The summed E-state index contributed by atoms with van der Waals surface area (Å²) in [6, 6.07) is 0.321. The molecule has 0 unspecified atom stereocenters. The average Bonchev–Trinajstić information content (AvgIpc) is 2.49. The number of rotatable bonds is 3. The van der Waals surface area contributed by atoms with Gasteiger partial charge in [-0.25, -0.2) is 4.79 Å². The summed E-state index contributed by atoms with van der Waals surface area (Å²) in [7, 11) is 1.41. The zero-order valence-corrected chi connectivity index (χ0v) is 12.9. The Morgan fingerprint density at radius 2 is 1.82 bits per heavy atom. The van der Waals surface area contributed by atoms with Crippen LogP contribution in [0.4, 0.5) is 0 Å². The highest BCUT2D eigenvalue weighted by atomic mass is 79.9. The van der Waals surface area contributed by atoms with Crippen molar-refractivity contribution < 1.29 is 9.53 Å². The maximum Gasteiger partial charge on any atom is 0.340 e. The molecule has 0 bridgehead atoms. The SMILES string of the molecule is COC(=O)c1c(Br)c(C(C)C)n(C(C)C)c1C. The van der Waals surface area contributed by atoms with Crippen LogP contribution < -0.4 is 0 Å². The molecule has 1 aromatic rings. The van der Waals surface area contributed by atoms with Crippen molar-refractivity contribution in [2.75, 3.05) is 7.11 Å². The molecule has 96 valence electrons. The number of hydrogen-bond acceptors (Lipinski definition) is 2. The fourth-order valence-corrected chi connectivity index (χ4v) is 3.33. The van der Waals surface area contributed by atoms with Gasteiger partial charge in [0.15, 0.2) is 0 Å². The maximum absolute atomic E-state index is 11.8. The first-order valence-corrected chi connectivity index (χ1v) is 6.60. The molecule has 1 aromatic heterocycles. The minimum Gasteiger partial charge on any atom is -0.465 e. The van der Waals surface area contributed by atoms with Crippen LogP contribution in [0.2, 0.25) is 0 Å². The summed E-state index contributed by atoms with van der Waals surface area (Å²) in [5.41, 5.74) is 2.75. The Morgan fingerprint density at radius 1 is 1.29 bits per heavy atom. The van der Waals surface area contributed by atoms with Crippen LogP contribution in [0.15, 0.2) is 4.47 Å². The number of halogens is 1. The lowest BCUT2D eigenvalue weighted by atomic mass is 10.1. The molecule has 0 saturated carbocycles. The van der Waals surface area contributed by atoms with Crippen LogP contribution >= 0.6 is 15.9 Å². The highest BCUT2D eigenvalue weighted by Crippen LogP contribution is 2.35. The normalized spacial score (nSPS) is 11.4. The smallest absolute Gasteiger partial charge is 0.340 e. The average molecular weight is 302 g/mol. The summed E-state index contributed by atoms with van der Waals surface area (Å²) in [5, 5.41) is 0. The number of methoxy groups -OCH3 is 1. The molecule has 1 heterocycles. The number of hydrogen-bond donors (Lipinski definition) is 0. The molecule has 0 aromatic carbocycles. The third-order valence-electron chi connectivity index (χ3n) is 2.88. The number of ether oxygens (including phenoxy) is 1. The van der Waals surface area contributed by atoms with Crippen LogP contribution in [-0.2, 0) is 4.74 Å². The topological polar surface area (TPSA) is 31.2 Å².